The molecule has 6 heteroatoms. The van der Waals surface area contributed by atoms with Gasteiger partial charge < -0.3 is 19.3 Å². The van der Waals surface area contributed by atoms with Crippen molar-refractivity contribution in [2.75, 3.05) is 52.4 Å². The lowest BCUT2D eigenvalue weighted by atomic mass is 9.88. The van der Waals surface area contributed by atoms with E-state index in [9.17, 15) is 4.79 Å². The van der Waals surface area contributed by atoms with Gasteiger partial charge in [0, 0.05) is 56.9 Å². The molecular weight excluding hydrogens is 462 g/mol. The van der Waals surface area contributed by atoms with Gasteiger partial charge in [0.15, 0.2) is 0 Å². The summed E-state index contributed by atoms with van der Waals surface area (Å²) in [4.78, 5) is 22.7. The fourth-order valence-electron chi connectivity index (χ4n) is 5.17. The summed E-state index contributed by atoms with van der Waals surface area (Å²) in [5.41, 5.74) is 1.75. The van der Waals surface area contributed by atoms with Gasteiger partial charge in [0.25, 0.3) is 0 Å². The topological polar surface area (TPSA) is 54.4 Å². The van der Waals surface area contributed by atoms with Crippen molar-refractivity contribution in [2.45, 2.75) is 57.8 Å². The zero-order valence-corrected chi connectivity index (χ0v) is 22.4. The zero-order valence-electron chi connectivity index (χ0n) is 22.4. The summed E-state index contributed by atoms with van der Waals surface area (Å²) in [7, 11) is 0. The highest BCUT2D eigenvalue weighted by atomic mass is 16.5. The number of para-hydroxylation sites is 2. The normalized spacial score (nSPS) is 16.4. The van der Waals surface area contributed by atoms with Crippen molar-refractivity contribution in [1.82, 2.24) is 9.80 Å². The highest BCUT2D eigenvalue weighted by Gasteiger charge is 2.33. The number of unbranched alkanes of at least 4 members (excludes halogenated alkanes) is 4. The molecule has 0 radical (unpaired) electrons. The monoisotopic (exact) mass is 505 g/mol. The first-order valence-electron chi connectivity index (χ1n) is 14.2. The molecule has 2 aromatic rings. The fourth-order valence-corrected chi connectivity index (χ4v) is 5.17. The minimum atomic E-state index is -0.436. The molecule has 6 nitrogen and oxygen atoms in total. The smallest absolute Gasteiger partial charge is 0.318 e. The Kier molecular flexibility index (Phi) is 11.0. The summed E-state index contributed by atoms with van der Waals surface area (Å²) in [6.07, 6.45) is 10.5. The lowest BCUT2D eigenvalue weighted by molar-refractivity contribution is -0.144. The number of aliphatic imine (C=N–C) groups is 1. The van der Waals surface area contributed by atoms with Crippen LogP contribution in [0.1, 0.15) is 68.9 Å². The van der Waals surface area contributed by atoms with Crippen LogP contribution in [-0.2, 0) is 9.53 Å². The summed E-state index contributed by atoms with van der Waals surface area (Å²) >= 11 is 0. The summed E-state index contributed by atoms with van der Waals surface area (Å²) in [5, 5.41) is 0. The van der Waals surface area contributed by atoms with Gasteiger partial charge in [0.05, 0.1) is 6.61 Å². The number of carbonyl (C=O) groups is 1. The Morgan fingerprint density at radius 2 is 1.51 bits per heavy atom. The molecule has 0 bridgehead atoms. The van der Waals surface area contributed by atoms with Crippen LogP contribution < -0.4 is 4.74 Å². The predicted molar refractivity (Wildman–Crippen MR) is 150 cm³/mol. The maximum absolute atomic E-state index is 13.1. The van der Waals surface area contributed by atoms with Crippen LogP contribution in [0, 0.1) is 0 Å². The molecule has 0 amide bonds. The van der Waals surface area contributed by atoms with E-state index in [0.29, 0.717) is 6.61 Å². The van der Waals surface area contributed by atoms with Crippen LogP contribution in [0.3, 0.4) is 0 Å². The second-order valence-corrected chi connectivity index (χ2v) is 10.1. The minimum absolute atomic E-state index is 0.198. The number of ether oxygens (including phenoxy) is 2. The van der Waals surface area contributed by atoms with Gasteiger partial charge in [-0.05, 0) is 37.6 Å². The van der Waals surface area contributed by atoms with Crippen molar-refractivity contribution in [2.24, 2.45) is 4.99 Å². The number of nitrogens with zero attached hydrogens (tertiary/aromatic N) is 3. The van der Waals surface area contributed by atoms with Crippen molar-refractivity contribution < 1.29 is 14.3 Å². The number of carbonyl (C=O) groups excluding carboxylic acids is 1. The average molecular weight is 506 g/mol. The van der Waals surface area contributed by atoms with E-state index >= 15 is 0 Å². The Hall–Kier alpha value is -2.70. The van der Waals surface area contributed by atoms with Crippen molar-refractivity contribution in [3.63, 3.8) is 0 Å². The third-order valence-corrected chi connectivity index (χ3v) is 7.34. The number of hydrogen-bond acceptors (Lipinski definition) is 6. The standard InChI is InChI=1S/C31H43N3O3/c1-2-3-4-5-10-17-32-18-11-19-33-21-23-34(24-22-33)20-12-25-36-31(35)30-26-13-6-8-15-28(26)37-29-16-9-7-14-27(29)30/h6-9,13-16,18,30H,2-5,10-12,17,19-25H2,1H3. The van der Waals surface area contributed by atoms with Crippen LogP contribution in [0.2, 0.25) is 0 Å². The molecular formula is C31H43N3O3. The Balaban J connectivity index is 1.11. The van der Waals surface area contributed by atoms with E-state index in [0.717, 1.165) is 81.3 Å². The van der Waals surface area contributed by atoms with E-state index in [4.69, 9.17) is 9.47 Å². The highest BCUT2D eigenvalue weighted by Crippen LogP contribution is 2.44. The molecule has 2 aromatic carbocycles. The number of hydrogen-bond donors (Lipinski definition) is 0. The molecule has 1 fully saturated rings. The quantitative estimate of drug-likeness (QED) is 0.182. The van der Waals surface area contributed by atoms with Crippen molar-refractivity contribution in [3.8, 4) is 11.5 Å². The second-order valence-electron chi connectivity index (χ2n) is 10.1. The second kappa shape index (κ2) is 14.9. The molecule has 200 valence electrons. The van der Waals surface area contributed by atoms with Gasteiger partial charge in [-0.25, -0.2) is 0 Å². The maximum atomic E-state index is 13.1. The number of fused-ring (bicyclic) bond motifs is 2. The van der Waals surface area contributed by atoms with Crippen LogP contribution in [0.15, 0.2) is 53.5 Å². The van der Waals surface area contributed by atoms with Crippen molar-refractivity contribution >= 4 is 12.2 Å². The Bertz CT molecular complexity index is 955. The summed E-state index contributed by atoms with van der Waals surface area (Å²) in [6.45, 7) is 10.1. The minimum Gasteiger partial charge on any atom is -0.465 e. The molecule has 2 aliphatic rings. The molecule has 0 aromatic heterocycles. The number of esters is 1. The maximum Gasteiger partial charge on any atom is 0.318 e. The molecule has 0 atom stereocenters. The first-order chi connectivity index (χ1) is 18.3. The Morgan fingerprint density at radius 1 is 0.892 bits per heavy atom. The molecule has 0 unspecified atom stereocenters. The van der Waals surface area contributed by atoms with Crippen LogP contribution in [0.4, 0.5) is 0 Å². The molecule has 37 heavy (non-hydrogen) atoms. The molecule has 0 saturated carbocycles. The van der Waals surface area contributed by atoms with E-state index in [-0.39, 0.29) is 5.97 Å². The van der Waals surface area contributed by atoms with Gasteiger partial charge in [-0.1, -0.05) is 69.0 Å². The lowest BCUT2D eigenvalue weighted by Gasteiger charge is -2.34. The Labute approximate surface area is 222 Å². The third kappa shape index (κ3) is 8.14. The van der Waals surface area contributed by atoms with Crippen molar-refractivity contribution in [3.05, 3.63) is 59.7 Å². The van der Waals surface area contributed by atoms with E-state index in [2.05, 4.69) is 27.9 Å². The van der Waals surface area contributed by atoms with E-state index in [1.807, 2.05) is 48.5 Å². The first-order valence-corrected chi connectivity index (χ1v) is 14.2. The van der Waals surface area contributed by atoms with Crippen LogP contribution in [0.25, 0.3) is 0 Å². The van der Waals surface area contributed by atoms with Crippen molar-refractivity contribution in [1.29, 1.82) is 0 Å². The van der Waals surface area contributed by atoms with Gasteiger partial charge in [0.2, 0.25) is 0 Å². The summed E-state index contributed by atoms with van der Waals surface area (Å²) < 4.78 is 11.8. The molecule has 4 rings (SSSR count). The van der Waals surface area contributed by atoms with Gasteiger partial charge >= 0.3 is 5.97 Å². The van der Waals surface area contributed by atoms with Gasteiger partial charge in [-0.3, -0.25) is 9.79 Å². The largest absolute Gasteiger partial charge is 0.465 e. The van der Waals surface area contributed by atoms with E-state index < -0.39 is 5.92 Å². The summed E-state index contributed by atoms with van der Waals surface area (Å²) in [5.74, 6) is 0.828. The zero-order chi connectivity index (χ0) is 25.7. The van der Waals surface area contributed by atoms with E-state index in [1.54, 1.807) is 0 Å². The average Bonchev–Trinajstić information content (AvgIpc) is 2.93. The number of rotatable bonds is 14. The number of benzene rings is 2. The van der Waals surface area contributed by atoms with Crippen LogP contribution in [-0.4, -0.2) is 74.4 Å². The van der Waals surface area contributed by atoms with Gasteiger partial charge in [-0.15, -0.1) is 0 Å². The SMILES string of the molecule is CCCCCCCN=CCCN1CCN(CCCOC(=O)C2c3ccccc3Oc3ccccc32)CC1. The molecule has 0 aliphatic carbocycles. The van der Waals surface area contributed by atoms with E-state index in [1.165, 1.54) is 32.1 Å². The molecule has 0 N–H and O–H groups in total. The van der Waals surface area contributed by atoms with Gasteiger partial charge in [0.1, 0.15) is 17.4 Å². The lowest BCUT2D eigenvalue weighted by Crippen LogP contribution is -2.46. The van der Waals surface area contributed by atoms with Gasteiger partial charge in [-0.2, -0.15) is 0 Å². The fraction of sp³-hybridized carbons (Fsp3) is 0.548. The molecule has 2 heterocycles. The molecule has 2 aliphatic heterocycles. The molecule has 0 spiro atoms. The number of piperazine rings is 1. The predicted octanol–water partition coefficient (Wildman–Crippen LogP) is 5.91. The molecule has 1 saturated heterocycles. The summed E-state index contributed by atoms with van der Waals surface area (Å²) in [6, 6.07) is 15.5. The van der Waals surface area contributed by atoms with Crippen LogP contribution >= 0.6 is 0 Å². The highest BCUT2D eigenvalue weighted by molar-refractivity contribution is 5.85. The first kappa shape index (κ1) is 27.3. The van der Waals surface area contributed by atoms with Crippen LogP contribution in [0.5, 0.6) is 11.5 Å². The third-order valence-electron chi connectivity index (χ3n) is 7.34. The Morgan fingerprint density at radius 3 is 2.19 bits per heavy atom.